The van der Waals surface area contributed by atoms with E-state index in [1.165, 1.54) is 17.7 Å². The zero-order valence-electron chi connectivity index (χ0n) is 16.0. The van der Waals surface area contributed by atoms with Gasteiger partial charge in [-0.05, 0) is 37.8 Å². The summed E-state index contributed by atoms with van der Waals surface area (Å²) < 4.78 is 2.28. The van der Waals surface area contributed by atoms with E-state index in [4.69, 9.17) is 0 Å². The van der Waals surface area contributed by atoms with Gasteiger partial charge in [-0.1, -0.05) is 24.8 Å². The third-order valence-corrected chi connectivity index (χ3v) is 7.24. The van der Waals surface area contributed by atoms with Gasteiger partial charge >= 0.3 is 0 Å². The summed E-state index contributed by atoms with van der Waals surface area (Å²) in [5.41, 5.74) is 0. The summed E-state index contributed by atoms with van der Waals surface area (Å²) in [6.07, 6.45) is 3.19. The molecule has 0 bridgehead atoms. The second-order valence-corrected chi connectivity index (χ2v) is 9.62. The monoisotopic (exact) mass is 405 g/mol. The van der Waals surface area contributed by atoms with Crippen molar-refractivity contribution < 1.29 is 4.79 Å². The van der Waals surface area contributed by atoms with E-state index in [-0.39, 0.29) is 11.2 Å². The number of thiophene rings is 1. The molecule has 4 rings (SSSR count). The van der Waals surface area contributed by atoms with Crippen LogP contribution in [0.1, 0.15) is 43.4 Å². The van der Waals surface area contributed by atoms with Crippen LogP contribution >= 0.6 is 23.1 Å². The van der Waals surface area contributed by atoms with Gasteiger partial charge in [0.25, 0.3) is 0 Å². The number of likely N-dealkylation sites (N-methyl/N-ethyl adjacent to an activating group) is 1. The molecule has 8 heteroatoms. The van der Waals surface area contributed by atoms with Gasteiger partial charge in [0.2, 0.25) is 5.91 Å². The topological polar surface area (TPSA) is 54.3 Å². The van der Waals surface area contributed by atoms with Crippen LogP contribution in [0.25, 0.3) is 0 Å². The van der Waals surface area contributed by atoms with E-state index in [0.717, 1.165) is 50.1 Å². The molecule has 1 saturated heterocycles. The van der Waals surface area contributed by atoms with Crippen LogP contribution in [0, 0.1) is 0 Å². The van der Waals surface area contributed by atoms with Crippen molar-refractivity contribution >= 4 is 29.0 Å². The average molecular weight is 406 g/mol. The Hall–Kier alpha value is -1.38. The van der Waals surface area contributed by atoms with Gasteiger partial charge in [0.15, 0.2) is 5.16 Å². The van der Waals surface area contributed by atoms with Gasteiger partial charge in [0.1, 0.15) is 5.82 Å². The number of hydrogen-bond donors (Lipinski definition) is 0. The van der Waals surface area contributed by atoms with Gasteiger partial charge in [-0.25, -0.2) is 0 Å². The molecule has 0 N–H and O–H groups in total. The van der Waals surface area contributed by atoms with Crippen molar-refractivity contribution in [1.82, 2.24) is 24.6 Å². The van der Waals surface area contributed by atoms with Crippen LogP contribution in [-0.4, -0.2) is 68.4 Å². The van der Waals surface area contributed by atoms with Gasteiger partial charge < -0.3 is 14.4 Å². The molecule has 6 nitrogen and oxygen atoms in total. The average Bonchev–Trinajstić information content (AvgIpc) is 3.25. The summed E-state index contributed by atoms with van der Waals surface area (Å²) >= 11 is 3.32. The molecule has 1 atom stereocenters. The van der Waals surface area contributed by atoms with Gasteiger partial charge in [-0.2, -0.15) is 0 Å². The van der Waals surface area contributed by atoms with Crippen molar-refractivity contribution in [3.63, 3.8) is 0 Å². The van der Waals surface area contributed by atoms with Crippen LogP contribution in [0.15, 0.2) is 22.7 Å². The number of piperazine rings is 1. The summed E-state index contributed by atoms with van der Waals surface area (Å²) in [6.45, 7) is 8.85. The summed E-state index contributed by atoms with van der Waals surface area (Å²) in [7, 11) is 0. The Bertz CT molecular complexity index is 763. The van der Waals surface area contributed by atoms with E-state index in [0.29, 0.717) is 6.04 Å². The van der Waals surface area contributed by atoms with Crippen LogP contribution < -0.4 is 0 Å². The smallest absolute Gasteiger partial charge is 0.235 e. The van der Waals surface area contributed by atoms with Crippen molar-refractivity contribution in [3.8, 4) is 0 Å². The lowest BCUT2D eigenvalue weighted by atomic mass is 10.3. The molecular formula is C19H27N5OS2. The highest BCUT2D eigenvalue weighted by molar-refractivity contribution is 8.00. The third-order valence-electron chi connectivity index (χ3n) is 5.32. The van der Waals surface area contributed by atoms with Crippen LogP contribution in [0.2, 0.25) is 0 Å². The number of rotatable bonds is 7. The van der Waals surface area contributed by atoms with Crippen LogP contribution in [-0.2, 0) is 11.2 Å². The largest absolute Gasteiger partial charge is 0.339 e. The van der Waals surface area contributed by atoms with E-state index in [9.17, 15) is 4.79 Å². The predicted molar refractivity (Wildman–Crippen MR) is 109 cm³/mol. The normalized spacial score (nSPS) is 19.4. The number of carbonyl (C=O) groups excluding carboxylic acids is 1. The summed E-state index contributed by atoms with van der Waals surface area (Å²) in [5, 5.41) is 11.8. The highest BCUT2D eigenvalue weighted by atomic mass is 32.2. The zero-order valence-corrected chi connectivity index (χ0v) is 17.6. The highest BCUT2D eigenvalue weighted by Gasteiger charge is 2.32. The van der Waals surface area contributed by atoms with E-state index in [1.54, 1.807) is 23.1 Å². The fourth-order valence-electron chi connectivity index (χ4n) is 3.53. The molecule has 27 heavy (non-hydrogen) atoms. The maximum atomic E-state index is 12.9. The first kappa shape index (κ1) is 19.0. The Kier molecular flexibility index (Phi) is 5.85. The first-order valence-corrected chi connectivity index (χ1v) is 11.6. The van der Waals surface area contributed by atoms with E-state index in [2.05, 4.69) is 44.1 Å². The number of amides is 1. The maximum Gasteiger partial charge on any atom is 0.235 e. The highest BCUT2D eigenvalue weighted by Crippen LogP contribution is 2.40. The Labute approximate surface area is 168 Å². The summed E-state index contributed by atoms with van der Waals surface area (Å²) in [6, 6.07) is 4.73. The van der Waals surface area contributed by atoms with Gasteiger partial charge in [-0.3, -0.25) is 4.79 Å². The van der Waals surface area contributed by atoms with Gasteiger partial charge in [0, 0.05) is 43.5 Å². The van der Waals surface area contributed by atoms with E-state index < -0.39 is 0 Å². The molecule has 2 aliphatic rings. The van der Waals surface area contributed by atoms with Crippen molar-refractivity contribution in [2.24, 2.45) is 0 Å². The Morgan fingerprint density at radius 2 is 2.07 bits per heavy atom. The number of thioether (sulfide) groups is 1. The minimum absolute atomic E-state index is 0.130. The molecule has 146 valence electrons. The molecule has 1 aliphatic heterocycles. The number of aromatic nitrogens is 3. The first-order chi connectivity index (χ1) is 13.2. The molecule has 0 aromatic carbocycles. The fraction of sp³-hybridized carbons (Fsp3) is 0.632. The molecule has 0 radical (unpaired) electrons. The lowest BCUT2D eigenvalue weighted by molar-refractivity contribution is -0.132. The van der Waals surface area contributed by atoms with Gasteiger partial charge in [0.05, 0.1) is 5.25 Å². The number of carbonyl (C=O) groups is 1. The maximum absolute atomic E-state index is 12.9. The van der Waals surface area contributed by atoms with Crippen molar-refractivity contribution in [3.05, 3.63) is 28.2 Å². The summed E-state index contributed by atoms with van der Waals surface area (Å²) in [5.74, 6) is 1.25. The second-order valence-electron chi connectivity index (χ2n) is 7.28. The van der Waals surface area contributed by atoms with E-state index in [1.807, 2.05) is 11.8 Å². The molecule has 2 aromatic rings. The molecule has 1 aliphatic carbocycles. The first-order valence-electron chi connectivity index (χ1n) is 9.79. The predicted octanol–water partition coefficient (Wildman–Crippen LogP) is 2.91. The molecule has 3 heterocycles. The Balaban J connectivity index is 1.42. The third kappa shape index (κ3) is 4.38. The second kappa shape index (κ2) is 8.32. The van der Waals surface area contributed by atoms with Crippen LogP contribution in [0.4, 0.5) is 0 Å². The standard InChI is InChI=1S/C19H27N5OS2/c1-3-22-8-10-23(11-9-22)18(25)14(2)27-19-21-20-17(24(19)15-6-7-15)13-16-5-4-12-26-16/h4-5,12,14-15H,3,6-11,13H2,1-2H3/t14-/m0/s1. The Morgan fingerprint density at radius 1 is 1.30 bits per heavy atom. The minimum atomic E-state index is -0.130. The minimum Gasteiger partial charge on any atom is -0.339 e. The quantitative estimate of drug-likeness (QED) is 0.663. The lowest BCUT2D eigenvalue weighted by Crippen LogP contribution is -2.50. The molecule has 0 unspecified atom stereocenters. The molecule has 0 spiro atoms. The number of hydrogen-bond acceptors (Lipinski definition) is 6. The fourth-order valence-corrected chi connectivity index (χ4v) is 5.25. The van der Waals surface area contributed by atoms with E-state index >= 15 is 0 Å². The van der Waals surface area contributed by atoms with Crippen molar-refractivity contribution in [2.75, 3.05) is 32.7 Å². The molecular weight excluding hydrogens is 378 g/mol. The summed E-state index contributed by atoms with van der Waals surface area (Å²) in [4.78, 5) is 18.6. The Morgan fingerprint density at radius 3 is 2.70 bits per heavy atom. The van der Waals surface area contributed by atoms with Crippen LogP contribution in [0.3, 0.4) is 0 Å². The number of nitrogens with zero attached hydrogens (tertiary/aromatic N) is 5. The molecule has 1 amide bonds. The van der Waals surface area contributed by atoms with Crippen molar-refractivity contribution in [2.45, 2.75) is 49.6 Å². The lowest BCUT2D eigenvalue weighted by Gasteiger charge is -2.35. The molecule has 2 fully saturated rings. The zero-order chi connectivity index (χ0) is 18.8. The molecule has 2 aromatic heterocycles. The SMILES string of the molecule is CCN1CCN(C(=O)[C@H](C)Sc2nnc(Cc3cccs3)n2C2CC2)CC1. The van der Waals surface area contributed by atoms with Crippen molar-refractivity contribution in [1.29, 1.82) is 0 Å². The molecule has 1 saturated carbocycles. The van der Waals surface area contributed by atoms with Crippen LogP contribution in [0.5, 0.6) is 0 Å². The van der Waals surface area contributed by atoms with Gasteiger partial charge in [-0.15, -0.1) is 21.5 Å².